The fourth-order valence-corrected chi connectivity index (χ4v) is 6.78. The van der Waals surface area contributed by atoms with Crippen LogP contribution in [0.3, 0.4) is 0 Å². The lowest BCUT2D eigenvalue weighted by Crippen LogP contribution is -2.34. The molecule has 0 atom stereocenters. The number of methoxy groups -OCH3 is 1. The molecule has 0 saturated heterocycles. The molecule has 10 nitrogen and oxygen atoms in total. The Morgan fingerprint density at radius 2 is 1.40 bits per heavy atom. The molecule has 5 aromatic rings. The van der Waals surface area contributed by atoms with E-state index in [9.17, 15) is 16.8 Å². The third-order valence-corrected chi connectivity index (χ3v) is 10.2. The number of sulfone groups is 1. The first kappa shape index (κ1) is 34.6. The standard InChI is InChI=1S/C36H40N4O6S2/c1-36(2,30-13-17-33(45-3)18-14-30)31-15-19-34(20-16-31)46-48(43,44)24-22-39(21-23-47(4,41)42)32-12-8-11-29(25-32)35-27-40(38-37-35)26-28-9-6-5-7-10-28/h5-20,25,27H,21-24,26H2,1-4H3. The van der Waals surface area contributed by atoms with E-state index in [1.807, 2.05) is 97.2 Å². The Kier molecular flexibility index (Phi) is 10.5. The fraction of sp³-hybridized carbons (Fsp3) is 0.278. The highest BCUT2D eigenvalue weighted by molar-refractivity contribution is 7.90. The van der Waals surface area contributed by atoms with Gasteiger partial charge < -0.3 is 13.8 Å². The van der Waals surface area contributed by atoms with Crippen LogP contribution in [0.4, 0.5) is 5.69 Å². The summed E-state index contributed by atoms with van der Waals surface area (Å²) in [6, 6.07) is 32.1. The van der Waals surface area contributed by atoms with Crippen LogP contribution in [0, 0.1) is 0 Å². The van der Waals surface area contributed by atoms with E-state index >= 15 is 0 Å². The molecule has 0 radical (unpaired) electrons. The van der Waals surface area contributed by atoms with E-state index in [4.69, 9.17) is 8.92 Å². The number of hydrogen-bond acceptors (Lipinski definition) is 9. The highest BCUT2D eigenvalue weighted by Gasteiger charge is 2.24. The van der Waals surface area contributed by atoms with Gasteiger partial charge in [-0.1, -0.05) is 85.8 Å². The predicted octanol–water partition coefficient (Wildman–Crippen LogP) is 5.59. The summed E-state index contributed by atoms with van der Waals surface area (Å²) in [7, 11) is -5.71. The topological polar surface area (TPSA) is 121 Å². The minimum Gasteiger partial charge on any atom is -0.497 e. The van der Waals surface area contributed by atoms with Crippen molar-refractivity contribution in [3.05, 3.63) is 126 Å². The van der Waals surface area contributed by atoms with Crippen molar-refractivity contribution in [2.75, 3.05) is 42.9 Å². The van der Waals surface area contributed by atoms with Gasteiger partial charge in [0.05, 0.1) is 25.6 Å². The van der Waals surface area contributed by atoms with Crippen LogP contribution in [0.2, 0.25) is 0 Å². The van der Waals surface area contributed by atoms with Crippen LogP contribution in [0.25, 0.3) is 11.3 Å². The van der Waals surface area contributed by atoms with Gasteiger partial charge in [0.25, 0.3) is 0 Å². The van der Waals surface area contributed by atoms with Crippen LogP contribution in [0.5, 0.6) is 11.5 Å². The summed E-state index contributed by atoms with van der Waals surface area (Å²) in [5, 5.41) is 8.58. The Bertz CT molecular complexity index is 2030. The van der Waals surface area contributed by atoms with Gasteiger partial charge in [0, 0.05) is 36.0 Å². The largest absolute Gasteiger partial charge is 0.497 e. The van der Waals surface area contributed by atoms with E-state index in [0.717, 1.165) is 34.3 Å². The Hall–Kier alpha value is -4.68. The molecule has 12 heteroatoms. The molecule has 0 bridgehead atoms. The van der Waals surface area contributed by atoms with E-state index in [2.05, 4.69) is 24.2 Å². The zero-order chi connectivity index (χ0) is 34.4. The smallest absolute Gasteiger partial charge is 0.310 e. The molecule has 0 aliphatic heterocycles. The van der Waals surface area contributed by atoms with Crippen molar-refractivity contribution < 1.29 is 25.8 Å². The number of anilines is 1. The van der Waals surface area contributed by atoms with Gasteiger partial charge in [0.2, 0.25) is 0 Å². The molecule has 0 fully saturated rings. The summed E-state index contributed by atoms with van der Waals surface area (Å²) in [6.07, 6.45) is 3.00. The number of benzene rings is 4. The van der Waals surface area contributed by atoms with Crippen LogP contribution in [0.1, 0.15) is 30.5 Å². The Morgan fingerprint density at radius 1 is 0.771 bits per heavy atom. The van der Waals surface area contributed by atoms with Crippen LogP contribution < -0.4 is 13.8 Å². The Balaban J connectivity index is 1.28. The third kappa shape index (κ3) is 9.23. The van der Waals surface area contributed by atoms with Gasteiger partial charge in [0.1, 0.15) is 32.8 Å². The van der Waals surface area contributed by atoms with Gasteiger partial charge >= 0.3 is 10.1 Å². The molecule has 5 rings (SSSR count). The maximum Gasteiger partial charge on any atom is 0.310 e. The molecule has 0 spiro atoms. The Labute approximate surface area is 283 Å². The van der Waals surface area contributed by atoms with Crippen molar-refractivity contribution in [3.8, 4) is 22.8 Å². The molecule has 0 aliphatic carbocycles. The fourth-order valence-electron chi connectivity index (χ4n) is 5.30. The third-order valence-electron chi connectivity index (χ3n) is 8.19. The molecule has 48 heavy (non-hydrogen) atoms. The van der Waals surface area contributed by atoms with Crippen molar-refractivity contribution in [1.82, 2.24) is 15.0 Å². The molecule has 0 amide bonds. The van der Waals surface area contributed by atoms with Crippen molar-refractivity contribution in [3.63, 3.8) is 0 Å². The highest BCUT2D eigenvalue weighted by Crippen LogP contribution is 2.33. The number of hydrogen-bond donors (Lipinski definition) is 0. The molecular weight excluding hydrogens is 649 g/mol. The average molecular weight is 689 g/mol. The highest BCUT2D eigenvalue weighted by atomic mass is 32.2. The summed E-state index contributed by atoms with van der Waals surface area (Å²) in [6.45, 7) is 4.87. The lowest BCUT2D eigenvalue weighted by molar-refractivity contribution is 0.414. The van der Waals surface area contributed by atoms with Gasteiger partial charge in [-0.2, -0.15) is 8.42 Å². The minimum atomic E-state index is -4.02. The molecular formula is C36H40N4O6S2. The quantitative estimate of drug-likeness (QED) is 0.130. The van der Waals surface area contributed by atoms with Crippen LogP contribution in [-0.2, 0) is 31.9 Å². The van der Waals surface area contributed by atoms with Crippen LogP contribution in [0.15, 0.2) is 109 Å². The van der Waals surface area contributed by atoms with E-state index in [1.165, 1.54) is 0 Å². The molecule has 0 saturated carbocycles. The van der Waals surface area contributed by atoms with Crippen molar-refractivity contribution >= 4 is 25.6 Å². The lowest BCUT2D eigenvalue weighted by Gasteiger charge is -2.26. The Morgan fingerprint density at radius 3 is 2.02 bits per heavy atom. The van der Waals surface area contributed by atoms with Crippen molar-refractivity contribution in [1.29, 1.82) is 0 Å². The van der Waals surface area contributed by atoms with E-state index in [1.54, 1.807) is 28.8 Å². The summed E-state index contributed by atoms with van der Waals surface area (Å²) in [4.78, 5) is 1.74. The summed E-state index contributed by atoms with van der Waals surface area (Å²) in [5.74, 6) is 0.478. The first-order valence-electron chi connectivity index (χ1n) is 15.5. The second-order valence-corrected chi connectivity index (χ2v) is 16.1. The molecule has 0 unspecified atom stereocenters. The van der Waals surface area contributed by atoms with E-state index in [0.29, 0.717) is 17.9 Å². The van der Waals surface area contributed by atoms with Crippen LogP contribution >= 0.6 is 0 Å². The zero-order valence-corrected chi connectivity index (χ0v) is 29.1. The maximum absolute atomic E-state index is 13.1. The average Bonchev–Trinajstić information content (AvgIpc) is 3.53. The van der Waals surface area contributed by atoms with Crippen molar-refractivity contribution in [2.24, 2.45) is 0 Å². The molecule has 1 heterocycles. The summed E-state index contributed by atoms with van der Waals surface area (Å²) >= 11 is 0. The maximum atomic E-state index is 13.1. The summed E-state index contributed by atoms with van der Waals surface area (Å²) in [5.41, 5.74) is 4.90. The first-order chi connectivity index (χ1) is 22.8. The summed E-state index contributed by atoms with van der Waals surface area (Å²) < 4.78 is 62.9. The molecule has 252 valence electrons. The normalized spacial score (nSPS) is 12.1. The molecule has 0 N–H and O–H groups in total. The van der Waals surface area contributed by atoms with Gasteiger partial charge in [-0.25, -0.2) is 13.1 Å². The van der Waals surface area contributed by atoms with E-state index < -0.39 is 20.0 Å². The van der Waals surface area contributed by atoms with Gasteiger partial charge in [-0.3, -0.25) is 0 Å². The minimum absolute atomic E-state index is 0.0184. The van der Waals surface area contributed by atoms with Crippen LogP contribution in [-0.4, -0.2) is 69.8 Å². The first-order valence-corrected chi connectivity index (χ1v) is 19.1. The molecule has 4 aromatic carbocycles. The molecule has 1 aromatic heterocycles. The van der Waals surface area contributed by atoms with Gasteiger partial charge in [-0.15, -0.1) is 5.10 Å². The second-order valence-electron chi connectivity index (χ2n) is 12.2. The van der Waals surface area contributed by atoms with Crippen molar-refractivity contribution in [2.45, 2.75) is 25.8 Å². The lowest BCUT2D eigenvalue weighted by atomic mass is 9.78. The second kappa shape index (κ2) is 14.6. The zero-order valence-electron chi connectivity index (χ0n) is 27.5. The molecule has 0 aliphatic rings. The van der Waals surface area contributed by atoms with Gasteiger partial charge in [-0.05, 0) is 53.1 Å². The predicted molar refractivity (Wildman–Crippen MR) is 189 cm³/mol. The number of ether oxygens (including phenoxy) is 1. The number of aromatic nitrogens is 3. The van der Waals surface area contributed by atoms with E-state index in [-0.39, 0.29) is 35.8 Å². The number of nitrogens with zero attached hydrogens (tertiary/aromatic N) is 4. The number of rotatable bonds is 15. The monoisotopic (exact) mass is 688 g/mol. The SMILES string of the molecule is COc1ccc(C(C)(C)c2ccc(OS(=O)(=O)CCN(CCS(C)(=O)=O)c3cccc(-c4cn(Cc5ccccc5)nn4)c3)cc2)cc1. The van der Waals surface area contributed by atoms with Gasteiger partial charge in [0.15, 0.2) is 0 Å².